The van der Waals surface area contributed by atoms with E-state index in [1.807, 2.05) is 6.92 Å². The number of nitrogens with zero attached hydrogens (tertiary/aromatic N) is 1. The molecule has 3 nitrogen and oxygen atoms in total. The number of benzene rings is 1. The number of hydrogen-bond donors (Lipinski definition) is 0. The molecule has 4 heteroatoms. The summed E-state index contributed by atoms with van der Waals surface area (Å²) in [7, 11) is 1.49. The molecule has 0 spiro atoms. The van der Waals surface area contributed by atoms with Gasteiger partial charge in [-0.3, -0.25) is 0 Å². The molecule has 1 aromatic heterocycles. The molecule has 0 bridgehead atoms. The summed E-state index contributed by atoms with van der Waals surface area (Å²) in [5, 5.41) is 0. The van der Waals surface area contributed by atoms with Crippen molar-refractivity contribution < 1.29 is 13.5 Å². The van der Waals surface area contributed by atoms with E-state index in [-0.39, 0.29) is 5.82 Å². The standard InChI is InChI=1S/C11H10FNO2/c1-7-6-15-11(13-7)8-3-9(12)5-10(4-8)14-2/h3-6H,1-2H3. The molecule has 0 aliphatic carbocycles. The molecule has 2 aromatic rings. The number of ether oxygens (including phenoxy) is 1. The predicted molar refractivity (Wildman–Crippen MR) is 53.2 cm³/mol. The third-order valence-corrected chi connectivity index (χ3v) is 1.97. The summed E-state index contributed by atoms with van der Waals surface area (Å²) >= 11 is 0. The van der Waals surface area contributed by atoms with Gasteiger partial charge in [-0.1, -0.05) is 0 Å². The lowest BCUT2D eigenvalue weighted by atomic mass is 10.2. The topological polar surface area (TPSA) is 35.3 Å². The van der Waals surface area contributed by atoms with E-state index in [1.54, 1.807) is 6.07 Å². The SMILES string of the molecule is COc1cc(F)cc(-c2nc(C)co2)c1. The summed E-state index contributed by atoms with van der Waals surface area (Å²) in [5.41, 5.74) is 1.33. The maximum atomic E-state index is 13.2. The summed E-state index contributed by atoms with van der Waals surface area (Å²) in [6, 6.07) is 4.33. The van der Waals surface area contributed by atoms with E-state index < -0.39 is 0 Å². The van der Waals surface area contributed by atoms with Crippen molar-refractivity contribution in [1.82, 2.24) is 4.98 Å². The molecule has 0 aliphatic rings. The Kier molecular flexibility index (Phi) is 2.41. The van der Waals surface area contributed by atoms with Crippen molar-refractivity contribution in [3.63, 3.8) is 0 Å². The van der Waals surface area contributed by atoms with Crippen LogP contribution < -0.4 is 4.74 Å². The van der Waals surface area contributed by atoms with Gasteiger partial charge in [-0.15, -0.1) is 0 Å². The minimum Gasteiger partial charge on any atom is -0.497 e. The summed E-state index contributed by atoms with van der Waals surface area (Å²) in [6.07, 6.45) is 1.52. The predicted octanol–water partition coefficient (Wildman–Crippen LogP) is 2.80. The van der Waals surface area contributed by atoms with Crippen LogP contribution in [0.3, 0.4) is 0 Å². The molecule has 0 amide bonds. The van der Waals surface area contributed by atoms with Crippen molar-refractivity contribution in [3.8, 4) is 17.2 Å². The van der Waals surface area contributed by atoms with Gasteiger partial charge in [0.25, 0.3) is 0 Å². The van der Waals surface area contributed by atoms with Crippen LogP contribution >= 0.6 is 0 Å². The van der Waals surface area contributed by atoms with Gasteiger partial charge in [0.05, 0.1) is 12.8 Å². The Morgan fingerprint density at radius 2 is 2.13 bits per heavy atom. The third kappa shape index (κ3) is 1.98. The van der Waals surface area contributed by atoms with Gasteiger partial charge < -0.3 is 9.15 Å². The molecule has 0 fully saturated rings. The van der Waals surface area contributed by atoms with Crippen molar-refractivity contribution in [2.45, 2.75) is 6.92 Å². The third-order valence-electron chi connectivity index (χ3n) is 1.97. The highest BCUT2D eigenvalue weighted by molar-refractivity contribution is 5.56. The number of rotatable bonds is 2. The molecule has 0 aliphatic heterocycles. The summed E-state index contributed by atoms with van der Waals surface area (Å²) in [4.78, 5) is 4.11. The van der Waals surface area contributed by atoms with Gasteiger partial charge in [0.15, 0.2) is 0 Å². The van der Waals surface area contributed by atoms with Gasteiger partial charge in [0.2, 0.25) is 5.89 Å². The lowest BCUT2D eigenvalue weighted by Gasteiger charge is -2.01. The molecule has 0 N–H and O–H groups in total. The first-order valence-corrected chi connectivity index (χ1v) is 4.46. The van der Waals surface area contributed by atoms with Gasteiger partial charge in [-0.2, -0.15) is 0 Å². The smallest absolute Gasteiger partial charge is 0.226 e. The summed E-state index contributed by atoms with van der Waals surface area (Å²) in [6.45, 7) is 1.81. The quantitative estimate of drug-likeness (QED) is 0.759. The Labute approximate surface area is 86.5 Å². The van der Waals surface area contributed by atoms with Crippen molar-refractivity contribution in [2.75, 3.05) is 7.11 Å². The van der Waals surface area contributed by atoms with Gasteiger partial charge >= 0.3 is 0 Å². The monoisotopic (exact) mass is 207 g/mol. The number of methoxy groups -OCH3 is 1. The molecule has 1 heterocycles. The molecule has 1 aromatic carbocycles. The van der Waals surface area contributed by atoms with Crippen LogP contribution in [-0.4, -0.2) is 12.1 Å². The van der Waals surface area contributed by atoms with Crippen LogP contribution in [0.2, 0.25) is 0 Å². The first kappa shape index (κ1) is 9.71. The summed E-state index contributed by atoms with van der Waals surface area (Å²) in [5.74, 6) is 0.464. The van der Waals surface area contributed by atoms with Crippen molar-refractivity contribution in [1.29, 1.82) is 0 Å². The molecule has 0 atom stereocenters. The maximum Gasteiger partial charge on any atom is 0.226 e. The number of halogens is 1. The molecular formula is C11H10FNO2. The fourth-order valence-electron chi connectivity index (χ4n) is 1.29. The van der Waals surface area contributed by atoms with Crippen molar-refractivity contribution in [3.05, 3.63) is 36.0 Å². The highest BCUT2D eigenvalue weighted by Gasteiger charge is 2.08. The van der Waals surface area contributed by atoms with Crippen molar-refractivity contribution >= 4 is 0 Å². The van der Waals surface area contributed by atoms with Crippen LogP contribution in [0.15, 0.2) is 28.9 Å². The number of aryl methyl sites for hydroxylation is 1. The maximum absolute atomic E-state index is 13.2. The van der Waals surface area contributed by atoms with Crippen LogP contribution in [0.4, 0.5) is 4.39 Å². The van der Waals surface area contributed by atoms with Gasteiger partial charge in [0.1, 0.15) is 17.8 Å². The fourth-order valence-corrected chi connectivity index (χ4v) is 1.29. The van der Waals surface area contributed by atoms with E-state index in [1.165, 1.54) is 25.5 Å². The molecular weight excluding hydrogens is 197 g/mol. The Morgan fingerprint density at radius 1 is 1.33 bits per heavy atom. The molecule has 0 radical (unpaired) electrons. The number of aromatic nitrogens is 1. The number of oxazole rings is 1. The lowest BCUT2D eigenvalue weighted by molar-refractivity contribution is 0.411. The second-order valence-corrected chi connectivity index (χ2v) is 3.17. The zero-order chi connectivity index (χ0) is 10.8. The van der Waals surface area contributed by atoms with E-state index in [0.717, 1.165) is 5.69 Å². The summed E-state index contributed by atoms with van der Waals surface area (Å²) < 4.78 is 23.3. The van der Waals surface area contributed by atoms with Gasteiger partial charge in [0, 0.05) is 11.6 Å². The second kappa shape index (κ2) is 3.73. The van der Waals surface area contributed by atoms with Crippen LogP contribution in [0.5, 0.6) is 5.75 Å². The van der Waals surface area contributed by atoms with E-state index in [2.05, 4.69) is 4.98 Å². The fraction of sp³-hybridized carbons (Fsp3) is 0.182. The van der Waals surface area contributed by atoms with Gasteiger partial charge in [-0.05, 0) is 19.1 Å². The average Bonchev–Trinajstić information content (AvgIpc) is 2.64. The second-order valence-electron chi connectivity index (χ2n) is 3.17. The Bertz CT molecular complexity index is 479. The Balaban J connectivity index is 2.48. The molecule has 78 valence electrons. The van der Waals surface area contributed by atoms with Crippen LogP contribution in [0, 0.1) is 12.7 Å². The lowest BCUT2D eigenvalue weighted by Crippen LogP contribution is -1.87. The average molecular weight is 207 g/mol. The minimum atomic E-state index is -0.375. The molecule has 0 saturated heterocycles. The zero-order valence-electron chi connectivity index (χ0n) is 8.45. The van der Waals surface area contributed by atoms with Crippen LogP contribution in [-0.2, 0) is 0 Å². The first-order valence-electron chi connectivity index (χ1n) is 4.46. The highest BCUT2D eigenvalue weighted by atomic mass is 19.1. The Hall–Kier alpha value is -1.84. The van der Waals surface area contributed by atoms with Gasteiger partial charge in [-0.25, -0.2) is 9.37 Å². The molecule has 2 rings (SSSR count). The normalized spacial score (nSPS) is 10.3. The van der Waals surface area contributed by atoms with Crippen LogP contribution in [0.1, 0.15) is 5.69 Å². The first-order chi connectivity index (χ1) is 7.19. The highest BCUT2D eigenvalue weighted by Crippen LogP contribution is 2.24. The van der Waals surface area contributed by atoms with Crippen molar-refractivity contribution in [2.24, 2.45) is 0 Å². The van der Waals surface area contributed by atoms with E-state index in [4.69, 9.17) is 9.15 Å². The number of hydrogen-bond acceptors (Lipinski definition) is 3. The van der Waals surface area contributed by atoms with E-state index >= 15 is 0 Å². The molecule has 0 saturated carbocycles. The molecule has 0 unspecified atom stereocenters. The van der Waals surface area contributed by atoms with Crippen LogP contribution in [0.25, 0.3) is 11.5 Å². The minimum absolute atomic E-state index is 0.375. The Morgan fingerprint density at radius 3 is 2.73 bits per heavy atom. The van der Waals surface area contributed by atoms with E-state index in [0.29, 0.717) is 17.2 Å². The van der Waals surface area contributed by atoms with E-state index in [9.17, 15) is 4.39 Å². The molecule has 15 heavy (non-hydrogen) atoms. The zero-order valence-corrected chi connectivity index (χ0v) is 8.45. The largest absolute Gasteiger partial charge is 0.497 e.